The Bertz CT molecular complexity index is 684. The van der Waals surface area contributed by atoms with Gasteiger partial charge in [-0.2, -0.15) is 0 Å². The number of nitrogens with one attached hydrogen (secondary N) is 1. The zero-order valence-corrected chi connectivity index (χ0v) is 12.3. The first-order valence-electron chi connectivity index (χ1n) is 6.87. The van der Waals surface area contributed by atoms with Gasteiger partial charge in [0.15, 0.2) is 0 Å². The van der Waals surface area contributed by atoms with Gasteiger partial charge in [0.25, 0.3) is 5.91 Å². The third kappa shape index (κ3) is 3.08. The van der Waals surface area contributed by atoms with Gasteiger partial charge in [0, 0.05) is 17.0 Å². The molecule has 3 rings (SSSR count). The maximum Gasteiger partial charge on any atom is 0.254 e. The van der Waals surface area contributed by atoms with Crippen LogP contribution in [0.4, 0.5) is 4.39 Å². The minimum absolute atomic E-state index is 0.0681. The number of benzene rings is 2. The van der Waals surface area contributed by atoms with Crippen LogP contribution >= 0.6 is 11.6 Å². The normalized spacial score (nSPS) is 20.1. The molecule has 0 unspecified atom stereocenters. The fourth-order valence-electron chi connectivity index (χ4n) is 2.49. The smallest absolute Gasteiger partial charge is 0.254 e. The van der Waals surface area contributed by atoms with Crippen LogP contribution in [0, 0.1) is 12.7 Å². The lowest BCUT2D eigenvalue weighted by atomic mass is 10.1. The molecule has 1 amide bonds. The molecular weight excluding hydrogens is 289 g/mol. The number of carbonyl (C=O) groups excluding carboxylic acids is 1. The van der Waals surface area contributed by atoms with Crippen LogP contribution in [-0.2, 0) is 0 Å². The Labute approximate surface area is 127 Å². The van der Waals surface area contributed by atoms with Crippen molar-refractivity contribution in [2.45, 2.75) is 25.3 Å². The topological polar surface area (TPSA) is 29.1 Å². The number of hydrogen-bond donors (Lipinski definition) is 1. The maximum absolute atomic E-state index is 13.7. The van der Waals surface area contributed by atoms with Crippen LogP contribution in [0.1, 0.15) is 33.8 Å². The first-order chi connectivity index (χ1) is 10.0. The lowest BCUT2D eigenvalue weighted by Gasteiger charge is -2.07. The molecule has 21 heavy (non-hydrogen) atoms. The number of rotatable bonds is 3. The molecule has 1 N–H and O–H groups in total. The second kappa shape index (κ2) is 5.49. The van der Waals surface area contributed by atoms with E-state index in [4.69, 9.17) is 11.6 Å². The molecule has 0 heterocycles. The zero-order chi connectivity index (χ0) is 15.0. The summed E-state index contributed by atoms with van der Waals surface area (Å²) in [5.41, 5.74) is 2.12. The molecule has 0 saturated heterocycles. The Hall–Kier alpha value is -1.87. The molecule has 1 aliphatic carbocycles. The Balaban J connectivity index is 1.67. The Morgan fingerprint density at radius 1 is 1.24 bits per heavy atom. The van der Waals surface area contributed by atoms with Crippen LogP contribution in [0.15, 0.2) is 42.5 Å². The average molecular weight is 304 g/mol. The summed E-state index contributed by atoms with van der Waals surface area (Å²) in [6, 6.07) is 12.2. The van der Waals surface area contributed by atoms with Gasteiger partial charge < -0.3 is 5.32 Å². The molecule has 0 aromatic heterocycles. The monoisotopic (exact) mass is 303 g/mol. The van der Waals surface area contributed by atoms with Crippen molar-refractivity contribution in [1.29, 1.82) is 0 Å². The van der Waals surface area contributed by atoms with Gasteiger partial charge in [0.05, 0.1) is 5.56 Å². The minimum atomic E-state index is -0.484. The van der Waals surface area contributed by atoms with Gasteiger partial charge in [-0.15, -0.1) is 0 Å². The number of amides is 1. The maximum atomic E-state index is 13.7. The Morgan fingerprint density at radius 3 is 2.67 bits per heavy atom. The second-order valence-corrected chi connectivity index (χ2v) is 5.89. The molecular formula is C17H15ClFNO. The number of aryl methyl sites for hydroxylation is 1. The number of halogens is 2. The van der Waals surface area contributed by atoms with Gasteiger partial charge in [0.1, 0.15) is 5.82 Å². The van der Waals surface area contributed by atoms with Crippen molar-refractivity contribution >= 4 is 17.5 Å². The number of hydrogen-bond acceptors (Lipinski definition) is 1. The third-order valence-corrected chi connectivity index (χ3v) is 4.02. The molecule has 1 fully saturated rings. The molecule has 0 bridgehead atoms. The van der Waals surface area contributed by atoms with Gasteiger partial charge in [-0.3, -0.25) is 4.79 Å². The zero-order valence-electron chi connectivity index (χ0n) is 11.6. The summed E-state index contributed by atoms with van der Waals surface area (Å²) < 4.78 is 13.7. The van der Waals surface area contributed by atoms with Gasteiger partial charge in [-0.25, -0.2) is 4.39 Å². The Kier molecular flexibility index (Phi) is 3.68. The van der Waals surface area contributed by atoms with E-state index in [1.54, 1.807) is 12.1 Å². The molecule has 2 aromatic rings. The minimum Gasteiger partial charge on any atom is -0.349 e. The predicted molar refractivity (Wildman–Crippen MR) is 81.2 cm³/mol. The standard InChI is InChI=1S/C17H15ClFNO/c1-10-2-7-15(19)14(8-10)17(21)20-16-9-13(16)11-3-5-12(18)6-4-11/h2-8,13,16H,9H2,1H3,(H,20,21)/t13-,16+/m0/s1. The summed E-state index contributed by atoms with van der Waals surface area (Å²) in [4.78, 5) is 12.1. The molecule has 0 spiro atoms. The van der Waals surface area contributed by atoms with Crippen molar-refractivity contribution in [3.63, 3.8) is 0 Å². The van der Waals surface area contributed by atoms with Gasteiger partial charge >= 0.3 is 0 Å². The van der Waals surface area contributed by atoms with Crippen molar-refractivity contribution in [1.82, 2.24) is 5.32 Å². The molecule has 2 atom stereocenters. The molecule has 0 radical (unpaired) electrons. The second-order valence-electron chi connectivity index (χ2n) is 5.46. The van der Waals surface area contributed by atoms with E-state index in [1.165, 1.54) is 6.07 Å². The number of carbonyl (C=O) groups is 1. The highest BCUT2D eigenvalue weighted by atomic mass is 35.5. The van der Waals surface area contributed by atoms with E-state index >= 15 is 0 Å². The van der Waals surface area contributed by atoms with Crippen molar-refractivity contribution < 1.29 is 9.18 Å². The summed E-state index contributed by atoms with van der Waals surface area (Å²) in [7, 11) is 0. The quantitative estimate of drug-likeness (QED) is 0.910. The van der Waals surface area contributed by atoms with E-state index in [2.05, 4.69) is 5.32 Å². The van der Waals surface area contributed by atoms with E-state index in [1.807, 2.05) is 31.2 Å². The van der Waals surface area contributed by atoms with Gasteiger partial charge in [0.2, 0.25) is 0 Å². The lowest BCUT2D eigenvalue weighted by molar-refractivity contribution is 0.0946. The van der Waals surface area contributed by atoms with Crippen LogP contribution in [0.25, 0.3) is 0 Å². The van der Waals surface area contributed by atoms with Crippen LogP contribution < -0.4 is 5.32 Å². The lowest BCUT2D eigenvalue weighted by Crippen LogP contribution is -2.27. The third-order valence-electron chi connectivity index (χ3n) is 3.77. The first kappa shape index (κ1) is 14.1. The fraction of sp³-hybridized carbons (Fsp3) is 0.235. The van der Waals surface area contributed by atoms with E-state index in [9.17, 15) is 9.18 Å². The largest absolute Gasteiger partial charge is 0.349 e. The van der Waals surface area contributed by atoms with Crippen LogP contribution in [-0.4, -0.2) is 11.9 Å². The van der Waals surface area contributed by atoms with E-state index in [0.717, 1.165) is 17.5 Å². The van der Waals surface area contributed by atoms with Crippen LogP contribution in [0.5, 0.6) is 0 Å². The fourth-order valence-corrected chi connectivity index (χ4v) is 2.62. The molecule has 2 aromatic carbocycles. The van der Waals surface area contributed by atoms with Crippen molar-refractivity contribution in [2.24, 2.45) is 0 Å². The highest BCUT2D eigenvalue weighted by Crippen LogP contribution is 2.41. The van der Waals surface area contributed by atoms with E-state index in [0.29, 0.717) is 10.9 Å². The van der Waals surface area contributed by atoms with Crippen LogP contribution in [0.2, 0.25) is 5.02 Å². The van der Waals surface area contributed by atoms with Crippen LogP contribution in [0.3, 0.4) is 0 Å². The molecule has 4 heteroatoms. The van der Waals surface area contributed by atoms with Crippen molar-refractivity contribution in [3.05, 3.63) is 70.0 Å². The first-order valence-corrected chi connectivity index (χ1v) is 7.25. The van der Waals surface area contributed by atoms with E-state index < -0.39 is 5.82 Å². The summed E-state index contributed by atoms with van der Waals surface area (Å²) in [5, 5.41) is 3.59. The molecule has 108 valence electrons. The van der Waals surface area contributed by atoms with Gasteiger partial charge in [-0.05, 0) is 43.2 Å². The summed E-state index contributed by atoms with van der Waals surface area (Å²) in [6.07, 6.45) is 0.876. The molecule has 1 aliphatic rings. The highest BCUT2D eigenvalue weighted by molar-refractivity contribution is 6.30. The predicted octanol–water partition coefficient (Wildman–Crippen LogP) is 4.07. The van der Waals surface area contributed by atoms with E-state index in [-0.39, 0.29) is 17.5 Å². The molecule has 0 aliphatic heterocycles. The summed E-state index contributed by atoms with van der Waals surface area (Å²) in [6.45, 7) is 1.84. The average Bonchev–Trinajstić information content (AvgIpc) is 3.21. The highest BCUT2D eigenvalue weighted by Gasteiger charge is 2.39. The summed E-state index contributed by atoms with van der Waals surface area (Å²) in [5.74, 6) is -0.543. The van der Waals surface area contributed by atoms with Crippen molar-refractivity contribution in [2.75, 3.05) is 0 Å². The summed E-state index contributed by atoms with van der Waals surface area (Å²) >= 11 is 5.86. The van der Waals surface area contributed by atoms with Gasteiger partial charge in [-0.1, -0.05) is 35.4 Å². The molecule has 2 nitrogen and oxygen atoms in total. The molecule has 1 saturated carbocycles. The van der Waals surface area contributed by atoms with Crippen molar-refractivity contribution in [3.8, 4) is 0 Å². The Morgan fingerprint density at radius 2 is 1.95 bits per heavy atom. The SMILES string of the molecule is Cc1ccc(F)c(C(=O)N[C@@H]2C[C@H]2c2ccc(Cl)cc2)c1.